The number of carbonyl (C=O) groups is 2. The number of rotatable bonds is 8. The van der Waals surface area contributed by atoms with E-state index < -0.39 is 0 Å². The zero-order valence-electron chi connectivity index (χ0n) is 18.3. The summed E-state index contributed by atoms with van der Waals surface area (Å²) in [6.45, 7) is 0.642. The van der Waals surface area contributed by atoms with Crippen molar-refractivity contribution in [1.82, 2.24) is 4.98 Å². The third-order valence-electron chi connectivity index (χ3n) is 5.45. The van der Waals surface area contributed by atoms with Crippen LogP contribution in [0.15, 0.2) is 72.9 Å². The largest absolute Gasteiger partial charge is 0.508 e. The van der Waals surface area contributed by atoms with Crippen molar-refractivity contribution in [2.45, 2.75) is 19.4 Å². The van der Waals surface area contributed by atoms with Gasteiger partial charge in [0.15, 0.2) is 0 Å². The van der Waals surface area contributed by atoms with Crippen molar-refractivity contribution < 1.29 is 14.7 Å². The van der Waals surface area contributed by atoms with Crippen molar-refractivity contribution >= 4 is 40.3 Å². The number of urea groups is 1. The summed E-state index contributed by atoms with van der Waals surface area (Å²) in [6, 6.07) is 20.1. The van der Waals surface area contributed by atoms with E-state index >= 15 is 0 Å². The van der Waals surface area contributed by atoms with Gasteiger partial charge in [-0.1, -0.05) is 18.2 Å². The number of aromatic amines is 1. The number of nitrogens with zero attached hydrogens (tertiary/aromatic N) is 1. The van der Waals surface area contributed by atoms with Gasteiger partial charge in [-0.25, -0.2) is 4.79 Å². The highest BCUT2D eigenvalue weighted by atomic mass is 16.3. The Morgan fingerprint density at radius 3 is 2.48 bits per heavy atom. The van der Waals surface area contributed by atoms with Gasteiger partial charge in [0.1, 0.15) is 12.0 Å². The molecule has 0 aliphatic carbocycles. The Kier molecular flexibility index (Phi) is 6.59. The number of phenolic OH excluding ortho intramolecular Hbond substituents is 1. The van der Waals surface area contributed by atoms with Crippen molar-refractivity contribution in [3.63, 3.8) is 0 Å². The topological polar surface area (TPSA) is 97.5 Å². The van der Waals surface area contributed by atoms with Crippen molar-refractivity contribution in [2.24, 2.45) is 0 Å². The highest BCUT2D eigenvalue weighted by Gasteiger charge is 2.11. The maximum atomic E-state index is 12.5. The number of amides is 2. The number of hydrogen-bond acceptors (Lipinski definition) is 4. The molecule has 0 unspecified atom stereocenters. The number of hydrogen-bond donors (Lipinski definition) is 4. The summed E-state index contributed by atoms with van der Waals surface area (Å²) in [5.41, 5.74) is 5.29. The quantitative estimate of drug-likeness (QED) is 0.279. The number of fused-ring (bicyclic) bond motifs is 1. The lowest BCUT2D eigenvalue weighted by molar-refractivity contribution is -0.107. The highest BCUT2D eigenvalue weighted by molar-refractivity contribution is 6.01. The molecule has 3 aromatic carbocycles. The average molecular weight is 443 g/mol. The molecule has 0 fully saturated rings. The molecule has 0 spiro atoms. The van der Waals surface area contributed by atoms with Crippen molar-refractivity contribution in [1.29, 1.82) is 0 Å². The van der Waals surface area contributed by atoms with E-state index in [2.05, 4.69) is 20.5 Å². The molecule has 4 rings (SSSR count). The number of benzene rings is 3. The van der Waals surface area contributed by atoms with Crippen LogP contribution in [0.3, 0.4) is 0 Å². The highest BCUT2D eigenvalue weighted by Crippen LogP contribution is 2.27. The maximum absolute atomic E-state index is 12.5. The van der Waals surface area contributed by atoms with E-state index in [1.807, 2.05) is 67.8 Å². The number of carbonyl (C=O) groups excluding carboxylic acids is 2. The van der Waals surface area contributed by atoms with Gasteiger partial charge in [0.05, 0.1) is 0 Å². The van der Waals surface area contributed by atoms with Gasteiger partial charge in [0.2, 0.25) is 0 Å². The Bertz CT molecular complexity index is 1260. The van der Waals surface area contributed by atoms with Crippen LogP contribution in [0.5, 0.6) is 5.75 Å². The number of aldehydes is 1. The number of aromatic hydroxyl groups is 1. The number of H-pyrrole nitrogens is 1. The van der Waals surface area contributed by atoms with Gasteiger partial charge < -0.3 is 30.4 Å². The Hall–Kier alpha value is -4.26. The summed E-state index contributed by atoms with van der Waals surface area (Å²) in [4.78, 5) is 28.8. The van der Waals surface area contributed by atoms with E-state index in [1.54, 1.807) is 12.1 Å². The molecule has 7 heteroatoms. The molecular weight excluding hydrogens is 416 g/mol. The molecular formula is C26H26N4O3. The fraction of sp³-hybridized carbons (Fsp3) is 0.154. The number of aromatic nitrogens is 1. The molecule has 33 heavy (non-hydrogen) atoms. The first-order valence-electron chi connectivity index (χ1n) is 10.7. The Balaban J connectivity index is 1.47. The predicted molar refractivity (Wildman–Crippen MR) is 132 cm³/mol. The summed E-state index contributed by atoms with van der Waals surface area (Å²) in [7, 11) is 1.98. The fourth-order valence-electron chi connectivity index (χ4n) is 3.83. The molecule has 0 saturated heterocycles. The van der Waals surface area contributed by atoms with Gasteiger partial charge in [-0.2, -0.15) is 0 Å². The second kappa shape index (κ2) is 9.91. The molecule has 0 radical (unpaired) electrons. The van der Waals surface area contributed by atoms with E-state index in [1.165, 1.54) is 0 Å². The summed E-state index contributed by atoms with van der Waals surface area (Å²) in [5.74, 6) is 0.231. The minimum absolute atomic E-state index is 0.231. The third kappa shape index (κ3) is 5.51. The van der Waals surface area contributed by atoms with Crippen LogP contribution in [0.4, 0.5) is 21.9 Å². The number of anilines is 3. The van der Waals surface area contributed by atoms with Gasteiger partial charge in [-0.05, 0) is 71.5 Å². The van der Waals surface area contributed by atoms with Gasteiger partial charge in [0.25, 0.3) is 0 Å². The lowest BCUT2D eigenvalue weighted by Crippen LogP contribution is -2.21. The molecule has 2 amide bonds. The molecule has 4 N–H and O–H groups in total. The Labute approximate surface area is 192 Å². The second-order valence-electron chi connectivity index (χ2n) is 7.93. The SMILES string of the molecule is CN(Cc1ccc(O)cc1)c1ccc(NC(=O)Nc2ccc3cc[nH]c3c2)cc1CCC=O. The Morgan fingerprint density at radius 1 is 1.00 bits per heavy atom. The second-order valence-corrected chi connectivity index (χ2v) is 7.93. The normalized spacial score (nSPS) is 10.7. The van der Waals surface area contributed by atoms with Crippen LogP contribution in [0, 0.1) is 0 Å². The molecule has 0 saturated carbocycles. The molecule has 0 bridgehead atoms. The number of aryl methyl sites for hydroxylation is 1. The van der Waals surface area contributed by atoms with Crippen LogP contribution >= 0.6 is 0 Å². The van der Waals surface area contributed by atoms with E-state index in [9.17, 15) is 14.7 Å². The zero-order chi connectivity index (χ0) is 23.2. The van der Waals surface area contributed by atoms with Crippen LogP contribution in [0.2, 0.25) is 0 Å². The van der Waals surface area contributed by atoms with Crippen molar-refractivity contribution in [2.75, 3.05) is 22.6 Å². The minimum Gasteiger partial charge on any atom is -0.508 e. The third-order valence-corrected chi connectivity index (χ3v) is 5.45. The monoisotopic (exact) mass is 442 g/mol. The lowest BCUT2D eigenvalue weighted by Gasteiger charge is -2.23. The minimum atomic E-state index is -0.340. The van der Waals surface area contributed by atoms with Crippen molar-refractivity contribution in [3.8, 4) is 5.75 Å². The smallest absolute Gasteiger partial charge is 0.323 e. The average Bonchev–Trinajstić information content (AvgIpc) is 3.27. The standard InChI is InChI=1S/C26H26N4O3/c1-30(17-18-4-9-23(32)10-5-18)25-11-8-21(15-20(25)3-2-14-31)28-26(33)29-22-7-6-19-12-13-27-24(19)16-22/h4-16,27,32H,2-3,17H2,1H3,(H2,28,29,33). The maximum Gasteiger partial charge on any atom is 0.323 e. The Morgan fingerprint density at radius 2 is 1.73 bits per heavy atom. The molecule has 168 valence electrons. The molecule has 0 aliphatic rings. The zero-order valence-corrected chi connectivity index (χ0v) is 18.3. The van der Waals surface area contributed by atoms with Crippen molar-refractivity contribution in [3.05, 3.63) is 84.1 Å². The van der Waals surface area contributed by atoms with Gasteiger partial charge in [0, 0.05) is 48.8 Å². The van der Waals surface area contributed by atoms with Gasteiger partial charge in [-0.3, -0.25) is 0 Å². The first-order valence-corrected chi connectivity index (χ1v) is 10.7. The van der Waals surface area contributed by atoms with E-state index in [4.69, 9.17) is 0 Å². The first-order chi connectivity index (χ1) is 16.0. The lowest BCUT2D eigenvalue weighted by atomic mass is 10.1. The number of nitrogens with one attached hydrogen (secondary N) is 3. The van der Waals surface area contributed by atoms with Crippen LogP contribution < -0.4 is 15.5 Å². The van der Waals surface area contributed by atoms with Crippen LogP contribution in [0.1, 0.15) is 17.5 Å². The van der Waals surface area contributed by atoms with E-state index in [0.717, 1.165) is 34.0 Å². The molecule has 0 atom stereocenters. The predicted octanol–water partition coefficient (Wildman–Crippen LogP) is 5.29. The first kappa shape index (κ1) is 22.0. The van der Waals surface area contributed by atoms with Crippen LogP contribution in [0.25, 0.3) is 10.9 Å². The fourth-order valence-corrected chi connectivity index (χ4v) is 3.83. The molecule has 4 aromatic rings. The van der Waals surface area contributed by atoms with Crippen LogP contribution in [-0.4, -0.2) is 29.5 Å². The van der Waals surface area contributed by atoms with E-state index in [-0.39, 0.29) is 11.8 Å². The summed E-state index contributed by atoms with van der Waals surface area (Å²) in [5, 5.41) is 16.3. The van der Waals surface area contributed by atoms with Crippen LogP contribution in [-0.2, 0) is 17.8 Å². The van der Waals surface area contributed by atoms with Gasteiger partial charge in [-0.15, -0.1) is 0 Å². The summed E-state index contributed by atoms with van der Waals surface area (Å²) >= 11 is 0. The summed E-state index contributed by atoms with van der Waals surface area (Å²) < 4.78 is 0. The van der Waals surface area contributed by atoms with E-state index in [0.29, 0.717) is 30.8 Å². The number of phenols is 1. The summed E-state index contributed by atoms with van der Waals surface area (Å²) in [6.07, 6.45) is 3.72. The molecule has 1 heterocycles. The molecule has 1 aromatic heterocycles. The molecule has 7 nitrogen and oxygen atoms in total. The van der Waals surface area contributed by atoms with Gasteiger partial charge >= 0.3 is 6.03 Å². The molecule has 0 aliphatic heterocycles.